The molecule has 0 aromatic carbocycles. The number of amides is 1. The van der Waals surface area contributed by atoms with E-state index in [1.54, 1.807) is 0 Å². The maximum atomic E-state index is 12.4. The average molecular weight is 240 g/mol. The summed E-state index contributed by atoms with van der Waals surface area (Å²) >= 11 is 0. The fourth-order valence-corrected chi connectivity index (χ4v) is 2.57. The first kappa shape index (κ1) is 14.5. The molecule has 1 unspecified atom stereocenters. The molecule has 0 aromatic heterocycles. The lowest BCUT2D eigenvalue weighted by Crippen LogP contribution is -2.61. The molecule has 0 aliphatic heterocycles. The van der Waals surface area contributed by atoms with E-state index in [1.165, 1.54) is 6.42 Å². The summed E-state index contributed by atoms with van der Waals surface area (Å²) in [7, 11) is 0. The summed E-state index contributed by atoms with van der Waals surface area (Å²) < 4.78 is 0. The summed E-state index contributed by atoms with van der Waals surface area (Å²) in [6.45, 7) is 8.38. The molecule has 0 radical (unpaired) electrons. The second kappa shape index (κ2) is 6.39. The van der Waals surface area contributed by atoms with Crippen LogP contribution in [0.15, 0.2) is 0 Å². The molecular formula is C14H28N2O. The highest BCUT2D eigenvalue weighted by molar-refractivity contribution is 5.86. The van der Waals surface area contributed by atoms with Crippen LogP contribution in [0, 0.1) is 0 Å². The van der Waals surface area contributed by atoms with Crippen molar-refractivity contribution in [1.82, 2.24) is 10.6 Å². The lowest BCUT2D eigenvalue weighted by Gasteiger charge is -2.39. The van der Waals surface area contributed by atoms with Gasteiger partial charge in [0, 0.05) is 12.1 Å². The van der Waals surface area contributed by atoms with E-state index < -0.39 is 0 Å². The summed E-state index contributed by atoms with van der Waals surface area (Å²) in [4.78, 5) is 12.4. The van der Waals surface area contributed by atoms with Gasteiger partial charge in [-0.3, -0.25) is 4.79 Å². The van der Waals surface area contributed by atoms with E-state index in [4.69, 9.17) is 0 Å². The van der Waals surface area contributed by atoms with Crippen molar-refractivity contribution < 1.29 is 4.79 Å². The first-order valence-corrected chi connectivity index (χ1v) is 7.09. The molecule has 0 saturated heterocycles. The Labute approximate surface area is 106 Å². The fraction of sp³-hybridized carbons (Fsp3) is 0.929. The van der Waals surface area contributed by atoms with Gasteiger partial charge in [-0.1, -0.05) is 26.2 Å². The molecule has 2 N–H and O–H groups in total. The van der Waals surface area contributed by atoms with E-state index in [1.807, 2.05) is 13.8 Å². The Kier molecular flexibility index (Phi) is 5.44. The minimum absolute atomic E-state index is 0.201. The first-order valence-electron chi connectivity index (χ1n) is 7.09. The van der Waals surface area contributed by atoms with Crippen LogP contribution in [0.3, 0.4) is 0 Å². The smallest absolute Gasteiger partial charge is 0.240 e. The molecule has 0 heterocycles. The highest BCUT2D eigenvalue weighted by atomic mass is 16.2. The van der Waals surface area contributed by atoms with Gasteiger partial charge in [0.15, 0.2) is 0 Å². The second-order valence-electron chi connectivity index (χ2n) is 5.72. The Bertz CT molecular complexity index is 245. The van der Waals surface area contributed by atoms with E-state index in [9.17, 15) is 4.79 Å². The van der Waals surface area contributed by atoms with E-state index in [0.717, 1.165) is 32.1 Å². The van der Waals surface area contributed by atoms with Crippen molar-refractivity contribution in [1.29, 1.82) is 0 Å². The van der Waals surface area contributed by atoms with Crippen LogP contribution in [0.25, 0.3) is 0 Å². The minimum Gasteiger partial charge on any atom is -0.352 e. The Morgan fingerprint density at radius 3 is 2.24 bits per heavy atom. The molecule has 17 heavy (non-hydrogen) atoms. The van der Waals surface area contributed by atoms with E-state index in [0.29, 0.717) is 6.04 Å². The highest BCUT2D eigenvalue weighted by Crippen LogP contribution is 2.29. The maximum absolute atomic E-state index is 12.4. The molecule has 0 spiro atoms. The van der Waals surface area contributed by atoms with Gasteiger partial charge in [0.05, 0.1) is 5.54 Å². The van der Waals surface area contributed by atoms with Gasteiger partial charge >= 0.3 is 0 Å². The largest absolute Gasteiger partial charge is 0.352 e. The Hall–Kier alpha value is -0.570. The zero-order valence-corrected chi connectivity index (χ0v) is 11.8. The molecule has 1 aliphatic rings. The quantitative estimate of drug-likeness (QED) is 0.775. The van der Waals surface area contributed by atoms with Gasteiger partial charge in [-0.05, 0) is 40.0 Å². The van der Waals surface area contributed by atoms with Gasteiger partial charge in [0.25, 0.3) is 0 Å². The van der Waals surface area contributed by atoms with Crippen LogP contribution in [0.2, 0.25) is 0 Å². The minimum atomic E-state index is -0.308. The zero-order valence-electron chi connectivity index (χ0n) is 11.8. The predicted octanol–water partition coefficient (Wildman–Crippen LogP) is 2.60. The van der Waals surface area contributed by atoms with Crippen LogP contribution in [0.5, 0.6) is 0 Å². The van der Waals surface area contributed by atoms with Crippen LogP contribution < -0.4 is 10.6 Å². The van der Waals surface area contributed by atoms with Crippen LogP contribution in [0.4, 0.5) is 0 Å². The summed E-state index contributed by atoms with van der Waals surface area (Å²) in [6, 6.07) is 0.631. The summed E-state index contributed by atoms with van der Waals surface area (Å²) in [6.07, 6.45) is 6.62. The van der Waals surface area contributed by atoms with Crippen molar-refractivity contribution in [3.63, 3.8) is 0 Å². The summed E-state index contributed by atoms with van der Waals surface area (Å²) in [5.41, 5.74) is -0.308. The van der Waals surface area contributed by atoms with Crippen molar-refractivity contribution in [3.05, 3.63) is 0 Å². The van der Waals surface area contributed by atoms with Gasteiger partial charge in [-0.25, -0.2) is 0 Å². The molecular weight excluding hydrogens is 212 g/mol. The third kappa shape index (κ3) is 3.98. The molecule has 0 bridgehead atoms. The predicted molar refractivity (Wildman–Crippen MR) is 72.0 cm³/mol. The molecule has 1 aliphatic carbocycles. The first-order chi connectivity index (χ1) is 8.00. The van der Waals surface area contributed by atoms with Gasteiger partial charge in [-0.15, -0.1) is 0 Å². The molecule has 1 rings (SSSR count). The third-order valence-corrected chi connectivity index (χ3v) is 3.70. The SMILES string of the molecule is CCC(C)NC1(C(=O)NC(C)C)CCCCC1. The lowest BCUT2D eigenvalue weighted by molar-refractivity contribution is -0.130. The van der Waals surface area contributed by atoms with Gasteiger partial charge in [-0.2, -0.15) is 0 Å². The normalized spacial score (nSPS) is 21.2. The highest BCUT2D eigenvalue weighted by Gasteiger charge is 2.39. The average Bonchev–Trinajstić information content (AvgIpc) is 2.29. The summed E-state index contributed by atoms with van der Waals surface area (Å²) in [5, 5.41) is 6.66. The molecule has 1 saturated carbocycles. The lowest BCUT2D eigenvalue weighted by atomic mass is 9.80. The number of hydrogen-bond acceptors (Lipinski definition) is 2. The monoisotopic (exact) mass is 240 g/mol. The van der Waals surface area contributed by atoms with E-state index in [-0.39, 0.29) is 17.5 Å². The van der Waals surface area contributed by atoms with Crippen LogP contribution in [-0.2, 0) is 4.79 Å². The van der Waals surface area contributed by atoms with E-state index >= 15 is 0 Å². The fourth-order valence-electron chi connectivity index (χ4n) is 2.57. The molecule has 1 atom stereocenters. The zero-order chi connectivity index (χ0) is 12.9. The van der Waals surface area contributed by atoms with Crippen LogP contribution >= 0.6 is 0 Å². The molecule has 3 heteroatoms. The van der Waals surface area contributed by atoms with Crippen molar-refractivity contribution in [2.24, 2.45) is 0 Å². The van der Waals surface area contributed by atoms with Crippen LogP contribution in [-0.4, -0.2) is 23.5 Å². The number of carbonyl (C=O) groups is 1. The van der Waals surface area contributed by atoms with Crippen molar-refractivity contribution >= 4 is 5.91 Å². The second-order valence-corrected chi connectivity index (χ2v) is 5.72. The third-order valence-electron chi connectivity index (χ3n) is 3.70. The standard InChI is InChI=1S/C14H28N2O/c1-5-12(4)16-14(9-7-6-8-10-14)13(17)15-11(2)3/h11-12,16H,5-10H2,1-4H3,(H,15,17). The van der Waals surface area contributed by atoms with Gasteiger partial charge in [0.1, 0.15) is 0 Å². The topological polar surface area (TPSA) is 41.1 Å². The van der Waals surface area contributed by atoms with Crippen molar-refractivity contribution in [2.45, 2.75) is 83.8 Å². The Balaban J connectivity index is 2.73. The van der Waals surface area contributed by atoms with Crippen molar-refractivity contribution in [2.75, 3.05) is 0 Å². The van der Waals surface area contributed by atoms with Crippen molar-refractivity contribution in [3.8, 4) is 0 Å². The summed E-state index contributed by atoms with van der Waals surface area (Å²) in [5.74, 6) is 0.201. The van der Waals surface area contributed by atoms with Crippen LogP contribution in [0.1, 0.15) is 66.2 Å². The molecule has 1 fully saturated rings. The Morgan fingerprint density at radius 2 is 1.76 bits per heavy atom. The molecule has 1 amide bonds. The number of nitrogens with one attached hydrogen (secondary N) is 2. The molecule has 0 aromatic rings. The number of hydrogen-bond donors (Lipinski definition) is 2. The number of carbonyl (C=O) groups excluding carboxylic acids is 1. The van der Waals surface area contributed by atoms with Gasteiger partial charge < -0.3 is 10.6 Å². The Morgan fingerprint density at radius 1 is 1.18 bits per heavy atom. The number of rotatable bonds is 5. The van der Waals surface area contributed by atoms with Gasteiger partial charge in [0.2, 0.25) is 5.91 Å². The maximum Gasteiger partial charge on any atom is 0.240 e. The van der Waals surface area contributed by atoms with E-state index in [2.05, 4.69) is 24.5 Å². The molecule has 3 nitrogen and oxygen atoms in total. The molecule has 100 valence electrons.